The van der Waals surface area contributed by atoms with Crippen molar-refractivity contribution in [2.24, 2.45) is 9.98 Å². The SMILES string of the molecule is COC1=C(OCCCOc2cc3c(cc2OC)C(=O)N2C=C(c4ccc(OC)cc4)C[C@H]2C=N3)C=CN=C[C@@H]2CC(c3ccc(N)cc3)=CN2C(=O)/C=C/1. The number of rotatable bonds is 11. The Kier molecular flexibility index (Phi) is 10.6. The van der Waals surface area contributed by atoms with Crippen LogP contribution in [0.5, 0.6) is 17.2 Å². The highest BCUT2D eigenvalue weighted by molar-refractivity contribution is 6.05. The van der Waals surface area contributed by atoms with Crippen LogP contribution in [0.4, 0.5) is 11.4 Å². The smallest absolute Gasteiger partial charge is 0.260 e. The van der Waals surface area contributed by atoms with Crippen molar-refractivity contribution in [1.29, 1.82) is 0 Å². The molecule has 0 bridgehead atoms. The maximum absolute atomic E-state index is 13.7. The highest BCUT2D eigenvalue weighted by atomic mass is 16.5. The number of hydrogen-bond donors (Lipinski definition) is 1. The molecule has 0 unspecified atom stereocenters. The lowest BCUT2D eigenvalue weighted by Gasteiger charge is -2.19. The average Bonchev–Trinajstić information content (AvgIpc) is 3.80. The van der Waals surface area contributed by atoms with Gasteiger partial charge in [0.05, 0.1) is 57.9 Å². The lowest BCUT2D eigenvalue weighted by atomic mass is 10.0. The van der Waals surface area contributed by atoms with Gasteiger partial charge >= 0.3 is 0 Å². The highest BCUT2D eigenvalue weighted by Crippen LogP contribution is 2.40. The van der Waals surface area contributed by atoms with Gasteiger partial charge in [-0.1, -0.05) is 24.3 Å². The molecule has 2 atom stereocenters. The molecule has 4 heterocycles. The van der Waals surface area contributed by atoms with E-state index in [4.69, 9.17) is 34.4 Å². The number of benzene rings is 3. The van der Waals surface area contributed by atoms with E-state index < -0.39 is 0 Å². The Balaban J connectivity index is 0.982. The van der Waals surface area contributed by atoms with Gasteiger partial charge in [0.2, 0.25) is 0 Å². The van der Waals surface area contributed by atoms with Gasteiger partial charge in [0.25, 0.3) is 11.8 Å². The fourth-order valence-electron chi connectivity index (χ4n) is 6.63. The monoisotopic (exact) mass is 727 g/mol. The van der Waals surface area contributed by atoms with Crippen LogP contribution in [0.3, 0.4) is 0 Å². The molecule has 54 heavy (non-hydrogen) atoms. The van der Waals surface area contributed by atoms with Crippen LogP contribution in [-0.2, 0) is 14.3 Å². The molecule has 0 fully saturated rings. The summed E-state index contributed by atoms with van der Waals surface area (Å²) in [4.78, 5) is 39.6. The van der Waals surface area contributed by atoms with Crippen LogP contribution < -0.4 is 19.9 Å². The highest BCUT2D eigenvalue weighted by Gasteiger charge is 2.33. The van der Waals surface area contributed by atoms with Crippen molar-refractivity contribution in [3.8, 4) is 17.2 Å². The molecule has 2 amide bonds. The molecule has 0 spiro atoms. The van der Waals surface area contributed by atoms with Crippen LogP contribution in [-0.4, -0.2) is 80.7 Å². The van der Waals surface area contributed by atoms with Gasteiger partial charge in [-0.2, -0.15) is 0 Å². The molecule has 276 valence electrons. The Bertz CT molecular complexity index is 2130. The number of hydrogen-bond acceptors (Lipinski definition) is 10. The van der Waals surface area contributed by atoms with Crippen molar-refractivity contribution in [1.82, 2.24) is 9.80 Å². The van der Waals surface area contributed by atoms with Crippen molar-refractivity contribution in [2.45, 2.75) is 31.3 Å². The quantitative estimate of drug-likeness (QED) is 0.170. The normalized spacial score (nSPS) is 19.6. The number of carbonyl (C=O) groups is 2. The zero-order valence-electron chi connectivity index (χ0n) is 30.3. The summed E-state index contributed by atoms with van der Waals surface area (Å²) in [6.07, 6.45) is 15.5. The van der Waals surface area contributed by atoms with Crippen molar-refractivity contribution < 1.29 is 33.3 Å². The summed E-state index contributed by atoms with van der Waals surface area (Å²) < 4.78 is 28.7. The van der Waals surface area contributed by atoms with E-state index in [0.717, 1.165) is 28.0 Å². The molecule has 2 N–H and O–H groups in total. The summed E-state index contributed by atoms with van der Waals surface area (Å²) in [6.45, 7) is 0.574. The van der Waals surface area contributed by atoms with Gasteiger partial charge in [0.15, 0.2) is 23.0 Å². The Morgan fingerprint density at radius 2 is 1.41 bits per heavy atom. The number of aliphatic imine (C=N–C) groups is 2. The molecule has 0 saturated heterocycles. The molecule has 7 rings (SSSR count). The number of nitrogens with two attached hydrogens (primary N) is 1. The summed E-state index contributed by atoms with van der Waals surface area (Å²) in [5.74, 6) is 2.08. The molecular formula is C42H41N5O7. The van der Waals surface area contributed by atoms with Crippen LogP contribution >= 0.6 is 0 Å². The molecule has 12 nitrogen and oxygen atoms in total. The number of allylic oxidation sites excluding steroid dienone is 2. The predicted molar refractivity (Wildman–Crippen MR) is 208 cm³/mol. The molecule has 0 radical (unpaired) electrons. The van der Waals surface area contributed by atoms with Gasteiger partial charge in [-0.15, -0.1) is 0 Å². The predicted octanol–water partition coefficient (Wildman–Crippen LogP) is 6.70. The van der Waals surface area contributed by atoms with Gasteiger partial charge in [0, 0.05) is 74.2 Å². The Morgan fingerprint density at radius 1 is 0.722 bits per heavy atom. The largest absolute Gasteiger partial charge is 0.497 e. The van der Waals surface area contributed by atoms with Crippen LogP contribution in [0.1, 0.15) is 40.7 Å². The molecule has 0 aliphatic carbocycles. The number of ether oxygens (including phenoxy) is 5. The van der Waals surface area contributed by atoms with Crippen LogP contribution in [0.2, 0.25) is 0 Å². The Labute approximate surface area is 313 Å². The standard InChI is InChI=1S/C42H41N5O7/c1-50-34-11-7-28(8-12-34)30-20-33-24-45-36-22-40(39(52-3)21-35(36)42(49)47(33)26-30)54-18-4-17-53-38-15-16-44-23-32-19-29(27-5-9-31(43)10-6-27)25-46(32)41(48)14-13-37(38)51-2/h5-16,21-26,32-33H,4,17-20,43H2,1-3H3/b14-13+,16-15?,38-37?,44-23?/t32-,33-/m0/s1. The molecule has 4 aliphatic rings. The number of methoxy groups -OCH3 is 3. The molecule has 4 aliphatic heterocycles. The van der Waals surface area contributed by atoms with Crippen LogP contribution in [0, 0.1) is 0 Å². The number of anilines is 1. The van der Waals surface area contributed by atoms with E-state index in [1.165, 1.54) is 20.3 Å². The minimum Gasteiger partial charge on any atom is -0.497 e. The molecular weight excluding hydrogens is 686 g/mol. The third-order valence-electron chi connectivity index (χ3n) is 9.51. The number of nitrogens with zero attached hydrogens (tertiary/aromatic N) is 4. The maximum atomic E-state index is 13.7. The van der Waals surface area contributed by atoms with Gasteiger partial charge in [-0.3, -0.25) is 19.6 Å². The summed E-state index contributed by atoms with van der Waals surface area (Å²) in [5, 5.41) is 0. The van der Waals surface area contributed by atoms with Gasteiger partial charge < -0.3 is 39.2 Å². The summed E-state index contributed by atoms with van der Waals surface area (Å²) >= 11 is 0. The fraction of sp³-hybridized carbons (Fsp3) is 0.238. The Hall–Kier alpha value is -6.56. The van der Waals surface area contributed by atoms with Crippen molar-refractivity contribution >= 4 is 46.8 Å². The first kappa shape index (κ1) is 35.8. The zero-order valence-corrected chi connectivity index (χ0v) is 30.3. The van der Waals surface area contributed by atoms with E-state index in [1.807, 2.05) is 67.1 Å². The van der Waals surface area contributed by atoms with E-state index in [2.05, 4.69) is 4.99 Å². The maximum Gasteiger partial charge on any atom is 0.260 e. The third kappa shape index (κ3) is 7.63. The first-order valence-corrected chi connectivity index (χ1v) is 17.6. The molecule has 0 aromatic heterocycles. The third-order valence-corrected chi connectivity index (χ3v) is 9.51. The average molecular weight is 728 g/mol. The first-order chi connectivity index (χ1) is 26.3. The fourth-order valence-corrected chi connectivity index (χ4v) is 6.63. The van der Waals surface area contributed by atoms with Gasteiger partial charge in [0.1, 0.15) is 5.75 Å². The lowest BCUT2D eigenvalue weighted by Crippen LogP contribution is -2.32. The van der Waals surface area contributed by atoms with Crippen molar-refractivity contribution in [2.75, 3.05) is 40.3 Å². The topological polar surface area (TPSA) is 138 Å². The van der Waals surface area contributed by atoms with Crippen molar-refractivity contribution in [3.05, 3.63) is 126 Å². The second kappa shape index (κ2) is 16.0. The van der Waals surface area contributed by atoms with Crippen LogP contribution in [0.15, 0.2) is 119 Å². The number of carbonyl (C=O) groups excluding carboxylic acids is 2. The summed E-state index contributed by atoms with van der Waals surface area (Å²) in [6, 6.07) is 18.3. The van der Waals surface area contributed by atoms with Crippen molar-refractivity contribution in [3.63, 3.8) is 0 Å². The van der Waals surface area contributed by atoms with Crippen LogP contribution in [0.25, 0.3) is 11.1 Å². The summed E-state index contributed by atoms with van der Waals surface area (Å²) in [7, 11) is 4.69. The second-order valence-corrected chi connectivity index (χ2v) is 12.9. The Morgan fingerprint density at radius 3 is 2.11 bits per heavy atom. The molecule has 12 heteroatoms. The minimum absolute atomic E-state index is 0.161. The minimum atomic E-state index is -0.245. The summed E-state index contributed by atoms with van der Waals surface area (Å²) in [5.41, 5.74) is 11.6. The number of fused-ring (bicyclic) bond motifs is 3. The van der Waals surface area contributed by atoms with Gasteiger partial charge in [-0.25, -0.2) is 0 Å². The van der Waals surface area contributed by atoms with E-state index in [0.29, 0.717) is 65.8 Å². The lowest BCUT2D eigenvalue weighted by molar-refractivity contribution is -0.123. The van der Waals surface area contributed by atoms with Gasteiger partial charge in [-0.05, 0) is 58.7 Å². The molecule has 3 aromatic rings. The molecule has 3 aromatic carbocycles. The van der Waals surface area contributed by atoms with E-state index in [9.17, 15) is 9.59 Å². The first-order valence-electron chi connectivity index (χ1n) is 17.6. The number of nitrogen functional groups attached to an aromatic ring is 1. The number of amides is 2. The molecule has 0 saturated carbocycles. The second-order valence-electron chi connectivity index (χ2n) is 12.9. The van der Waals surface area contributed by atoms with E-state index in [1.54, 1.807) is 53.6 Å². The zero-order chi connectivity index (χ0) is 37.6. The van der Waals surface area contributed by atoms with E-state index in [-0.39, 0.29) is 30.5 Å². The van der Waals surface area contributed by atoms with E-state index >= 15 is 0 Å².